The highest BCUT2D eigenvalue weighted by atomic mass is 16.7. The molecule has 3 amide bonds. The predicted octanol–water partition coefficient (Wildman–Crippen LogP) is 3.78. The van der Waals surface area contributed by atoms with Crippen LogP contribution in [0.4, 0.5) is 4.79 Å². The number of carbonyl (C=O) groups is 3. The number of rotatable bonds is 3. The van der Waals surface area contributed by atoms with Crippen LogP contribution in [0.25, 0.3) is 5.57 Å². The third-order valence-corrected chi connectivity index (χ3v) is 5.28. The number of benzene rings is 2. The van der Waals surface area contributed by atoms with E-state index in [0.717, 1.165) is 11.1 Å². The fourth-order valence-corrected chi connectivity index (χ4v) is 3.79. The lowest BCUT2D eigenvalue weighted by atomic mass is 9.88. The highest BCUT2D eigenvalue weighted by molar-refractivity contribution is 6.01. The number of piperidine rings is 1. The van der Waals surface area contributed by atoms with Crippen LogP contribution in [0, 0.1) is 0 Å². The molecule has 0 N–H and O–H groups in total. The number of hydrogen-bond acceptors (Lipinski definition) is 4. The van der Waals surface area contributed by atoms with Crippen LogP contribution in [0.15, 0.2) is 66.2 Å². The van der Waals surface area contributed by atoms with Gasteiger partial charge in [0, 0.05) is 25.9 Å². The van der Waals surface area contributed by atoms with Crippen LogP contribution in [0.2, 0.25) is 0 Å². The van der Waals surface area contributed by atoms with E-state index in [1.165, 1.54) is 11.1 Å². The monoisotopic (exact) mass is 390 g/mol. The summed E-state index contributed by atoms with van der Waals surface area (Å²) < 4.78 is 0. The molecule has 2 heterocycles. The normalized spacial score (nSPS) is 16.9. The number of likely N-dealkylation sites (tertiary alicyclic amines) is 1. The van der Waals surface area contributed by atoms with E-state index < -0.39 is 17.9 Å². The first-order valence-corrected chi connectivity index (χ1v) is 9.79. The molecule has 0 unspecified atom stereocenters. The van der Waals surface area contributed by atoms with Crippen LogP contribution in [0.3, 0.4) is 0 Å². The van der Waals surface area contributed by atoms with Gasteiger partial charge < -0.3 is 9.74 Å². The van der Waals surface area contributed by atoms with Crippen LogP contribution in [0.1, 0.15) is 36.8 Å². The van der Waals surface area contributed by atoms with E-state index in [4.69, 9.17) is 4.84 Å². The molecule has 4 rings (SSSR count). The third-order valence-electron chi connectivity index (χ3n) is 5.28. The molecule has 2 saturated heterocycles. The lowest BCUT2D eigenvalue weighted by Crippen LogP contribution is -2.42. The first-order chi connectivity index (χ1) is 14.1. The van der Waals surface area contributed by atoms with Gasteiger partial charge in [-0.2, -0.15) is 0 Å². The third kappa shape index (κ3) is 4.06. The minimum absolute atomic E-state index is 0.0938. The quantitative estimate of drug-likeness (QED) is 0.748. The van der Waals surface area contributed by atoms with E-state index in [-0.39, 0.29) is 12.8 Å². The van der Waals surface area contributed by atoms with Gasteiger partial charge in [-0.15, -0.1) is 5.06 Å². The molecule has 29 heavy (non-hydrogen) atoms. The molecule has 0 bridgehead atoms. The van der Waals surface area contributed by atoms with Crippen molar-refractivity contribution >= 4 is 23.5 Å². The topological polar surface area (TPSA) is 66.9 Å². The number of hydroxylamine groups is 2. The van der Waals surface area contributed by atoms with Gasteiger partial charge in [0.15, 0.2) is 0 Å². The fourth-order valence-electron chi connectivity index (χ4n) is 3.79. The summed E-state index contributed by atoms with van der Waals surface area (Å²) in [6.07, 6.45) is 0.952. The summed E-state index contributed by atoms with van der Waals surface area (Å²) in [4.78, 5) is 42.3. The molecule has 0 aromatic heterocycles. The molecule has 2 aliphatic rings. The number of nitrogens with zero attached hydrogens (tertiary/aromatic N) is 2. The maximum absolute atomic E-state index is 12.4. The zero-order valence-electron chi connectivity index (χ0n) is 16.0. The Labute approximate surface area is 169 Å². The molecule has 148 valence electrons. The van der Waals surface area contributed by atoms with Crippen molar-refractivity contribution in [2.75, 3.05) is 13.1 Å². The maximum atomic E-state index is 12.4. The fraction of sp³-hybridized carbons (Fsp3) is 0.261. The summed E-state index contributed by atoms with van der Waals surface area (Å²) in [5.41, 5.74) is 4.78. The summed E-state index contributed by atoms with van der Waals surface area (Å²) in [6.45, 7) is 0.959. The minimum atomic E-state index is -0.645. The van der Waals surface area contributed by atoms with E-state index in [1.807, 2.05) is 36.4 Å². The zero-order chi connectivity index (χ0) is 20.2. The Morgan fingerprint density at radius 1 is 0.724 bits per heavy atom. The highest BCUT2D eigenvalue weighted by Gasteiger charge is 2.34. The molecular weight excluding hydrogens is 368 g/mol. The van der Waals surface area contributed by atoms with Crippen molar-refractivity contribution in [1.82, 2.24) is 9.96 Å². The summed E-state index contributed by atoms with van der Waals surface area (Å²) >= 11 is 0. The van der Waals surface area contributed by atoms with Crippen LogP contribution in [-0.4, -0.2) is 41.0 Å². The molecular formula is C23H22N2O4. The van der Waals surface area contributed by atoms with Crippen molar-refractivity contribution < 1.29 is 19.2 Å². The second-order valence-corrected chi connectivity index (χ2v) is 7.14. The number of carbonyl (C=O) groups excluding carboxylic acids is 3. The van der Waals surface area contributed by atoms with Crippen molar-refractivity contribution in [1.29, 1.82) is 0 Å². The summed E-state index contributed by atoms with van der Waals surface area (Å²) in [5, 5.41) is 0.604. The Balaban J connectivity index is 1.51. The Hall–Kier alpha value is -3.41. The molecule has 2 aromatic rings. The summed E-state index contributed by atoms with van der Waals surface area (Å²) in [5.74, 6) is -0.923. The van der Waals surface area contributed by atoms with E-state index in [0.29, 0.717) is 31.0 Å². The molecule has 2 aliphatic heterocycles. The smallest absolute Gasteiger partial charge is 0.311 e. The van der Waals surface area contributed by atoms with Crippen molar-refractivity contribution in [3.8, 4) is 0 Å². The zero-order valence-corrected chi connectivity index (χ0v) is 16.0. The highest BCUT2D eigenvalue weighted by Crippen LogP contribution is 2.32. The van der Waals surface area contributed by atoms with Gasteiger partial charge in [-0.3, -0.25) is 9.59 Å². The summed E-state index contributed by atoms with van der Waals surface area (Å²) in [6, 6.07) is 20.5. The van der Waals surface area contributed by atoms with Crippen molar-refractivity contribution in [3.05, 3.63) is 77.4 Å². The van der Waals surface area contributed by atoms with Crippen LogP contribution in [0.5, 0.6) is 0 Å². The van der Waals surface area contributed by atoms with Crippen LogP contribution < -0.4 is 0 Å². The lowest BCUT2D eigenvalue weighted by Gasteiger charge is -2.30. The van der Waals surface area contributed by atoms with E-state index in [2.05, 4.69) is 24.3 Å². The van der Waals surface area contributed by atoms with Crippen molar-refractivity contribution in [3.63, 3.8) is 0 Å². The Morgan fingerprint density at radius 2 is 1.21 bits per heavy atom. The van der Waals surface area contributed by atoms with Crippen molar-refractivity contribution in [2.24, 2.45) is 0 Å². The molecule has 0 aliphatic carbocycles. The van der Waals surface area contributed by atoms with E-state index >= 15 is 0 Å². The Morgan fingerprint density at radius 3 is 1.69 bits per heavy atom. The molecule has 0 saturated carbocycles. The Bertz CT molecular complexity index is 886. The molecule has 2 fully saturated rings. The first kappa shape index (κ1) is 18.9. The molecule has 2 aromatic carbocycles. The van der Waals surface area contributed by atoms with Gasteiger partial charge in [0.05, 0.1) is 0 Å². The minimum Gasteiger partial charge on any atom is -0.311 e. The largest absolute Gasteiger partial charge is 0.434 e. The molecule has 0 spiro atoms. The average molecular weight is 390 g/mol. The first-order valence-electron chi connectivity index (χ1n) is 9.79. The summed E-state index contributed by atoms with van der Waals surface area (Å²) in [7, 11) is 0. The molecule has 0 radical (unpaired) electrons. The molecule has 6 nitrogen and oxygen atoms in total. The SMILES string of the molecule is O=C(ON1C(=O)CCC1=O)N1CCC(=C(c2ccccc2)c2ccccc2)CC1. The van der Waals surface area contributed by atoms with Crippen molar-refractivity contribution in [2.45, 2.75) is 25.7 Å². The van der Waals surface area contributed by atoms with E-state index in [9.17, 15) is 14.4 Å². The number of imide groups is 1. The van der Waals surface area contributed by atoms with E-state index in [1.54, 1.807) is 4.90 Å². The number of hydrogen-bond donors (Lipinski definition) is 0. The van der Waals surface area contributed by atoms with Gasteiger partial charge in [0.1, 0.15) is 0 Å². The van der Waals surface area contributed by atoms with Gasteiger partial charge in [-0.25, -0.2) is 4.79 Å². The molecule has 6 heteroatoms. The van der Waals surface area contributed by atoms with Gasteiger partial charge in [0.2, 0.25) is 0 Å². The predicted molar refractivity (Wildman–Crippen MR) is 107 cm³/mol. The lowest BCUT2D eigenvalue weighted by molar-refractivity contribution is -0.173. The number of amides is 3. The van der Waals surface area contributed by atoms with Crippen LogP contribution in [-0.2, 0) is 14.4 Å². The average Bonchev–Trinajstić information content (AvgIpc) is 3.08. The maximum Gasteiger partial charge on any atom is 0.434 e. The standard InChI is InChI=1S/C23H22N2O4/c26-20-11-12-21(27)25(20)29-23(28)24-15-13-19(14-16-24)22(17-7-3-1-4-8-17)18-9-5-2-6-10-18/h1-10H,11-16H2. The Kier molecular flexibility index (Phi) is 5.42. The van der Waals surface area contributed by atoms with Gasteiger partial charge in [-0.05, 0) is 29.5 Å². The van der Waals surface area contributed by atoms with Crippen LogP contribution >= 0.6 is 0 Å². The van der Waals surface area contributed by atoms with Gasteiger partial charge >= 0.3 is 6.09 Å². The second-order valence-electron chi connectivity index (χ2n) is 7.14. The molecule has 0 atom stereocenters. The van der Waals surface area contributed by atoms with Gasteiger partial charge in [-0.1, -0.05) is 66.2 Å². The second kappa shape index (κ2) is 8.31. The van der Waals surface area contributed by atoms with Gasteiger partial charge in [0.25, 0.3) is 11.8 Å².